The van der Waals surface area contributed by atoms with Crippen molar-refractivity contribution in [1.29, 1.82) is 0 Å². The maximum Gasteiger partial charge on any atom is 0.257 e. The standard InChI is InChI=1S/C20H21NO3/c1-19(16-10-6-3-7-11-16)21-17(14-24-19)13-20(23,18(21)22)12-15-8-4-2-5-9-15/h2-11,17,23H,12-14H2,1H3/t17-,19+,20+/m0/s1. The fraction of sp³-hybridized carbons (Fsp3) is 0.350. The lowest BCUT2D eigenvalue weighted by Gasteiger charge is -2.35. The molecule has 0 aromatic heterocycles. The number of fused-ring (bicyclic) bond motifs is 1. The van der Waals surface area contributed by atoms with Crippen LogP contribution >= 0.6 is 0 Å². The zero-order valence-electron chi connectivity index (χ0n) is 13.7. The van der Waals surface area contributed by atoms with E-state index in [4.69, 9.17) is 4.74 Å². The van der Waals surface area contributed by atoms with Crippen molar-refractivity contribution in [3.8, 4) is 0 Å². The number of nitrogens with zero attached hydrogens (tertiary/aromatic N) is 1. The van der Waals surface area contributed by atoms with Crippen LogP contribution in [0.1, 0.15) is 24.5 Å². The highest BCUT2D eigenvalue weighted by Crippen LogP contribution is 2.46. The van der Waals surface area contributed by atoms with Crippen molar-refractivity contribution in [2.75, 3.05) is 6.61 Å². The fourth-order valence-electron chi connectivity index (χ4n) is 4.01. The van der Waals surface area contributed by atoms with E-state index in [2.05, 4.69) is 0 Å². The molecule has 2 aromatic rings. The van der Waals surface area contributed by atoms with Gasteiger partial charge >= 0.3 is 0 Å². The summed E-state index contributed by atoms with van der Waals surface area (Å²) < 4.78 is 6.00. The third-order valence-corrected chi connectivity index (χ3v) is 5.22. The van der Waals surface area contributed by atoms with Gasteiger partial charge in [0.15, 0.2) is 5.72 Å². The molecule has 2 heterocycles. The molecule has 2 aromatic carbocycles. The average Bonchev–Trinajstić information content (AvgIpc) is 3.05. The first kappa shape index (κ1) is 15.4. The molecule has 4 nitrogen and oxygen atoms in total. The Morgan fingerprint density at radius 2 is 1.75 bits per heavy atom. The largest absolute Gasteiger partial charge is 0.380 e. The van der Waals surface area contributed by atoms with E-state index >= 15 is 0 Å². The van der Waals surface area contributed by atoms with Gasteiger partial charge in [-0.25, -0.2) is 0 Å². The van der Waals surface area contributed by atoms with Gasteiger partial charge in [-0.15, -0.1) is 0 Å². The van der Waals surface area contributed by atoms with Gasteiger partial charge in [-0.1, -0.05) is 60.7 Å². The predicted molar refractivity (Wildman–Crippen MR) is 90.1 cm³/mol. The number of amides is 1. The highest BCUT2D eigenvalue weighted by Gasteiger charge is 2.60. The number of rotatable bonds is 3. The second-order valence-corrected chi connectivity index (χ2v) is 6.89. The monoisotopic (exact) mass is 323 g/mol. The van der Waals surface area contributed by atoms with Gasteiger partial charge in [0.2, 0.25) is 0 Å². The third-order valence-electron chi connectivity index (χ3n) is 5.22. The van der Waals surface area contributed by atoms with Gasteiger partial charge < -0.3 is 14.7 Å². The van der Waals surface area contributed by atoms with E-state index in [0.717, 1.165) is 11.1 Å². The molecule has 2 aliphatic rings. The highest BCUT2D eigenvalue weighted by molar-refractivity contribution is 5.89. The quantitative estimate of drug-likeness (QED) is 0.944. The molecule has 0 bridgehead atoms. The molecule has 0 unspecified atom stereocenters. The first-order valence-electron chi connectivity index (χ1n) is 8.32. The topological polar surface area (TPSA) is 49.8 Å². The number of hydrogen-bond acceptors (Lipinski definition) is 3. The maximum absolute atomic E-state index is 13.1. The molecule has 0 spiro atoms. The zero-order valence-corrected chi connectivity index (χ0v) is 13.7. The van der Waals surface area contributed by atoms with Gasteiger partial charge in [-0.2, -0.15) is 0 Å². The fourth-order valence-corrected chi connectivity index (χ4v) is 4.01. The first-order valence-corrected chi connectivity index (χ1v) is 8.32. The molecule has 1 N–H and O–H groups in total. The summed E-state index contributed by atoms with van der Waals surface area (Å²) in [5, 5.41) is 11.1. The van der Waals surface area contributed by atoms with Crippen LogP contribution in [0.4, 0.5) is 0 Å². The van der Waals surface area contributed by atoms with E-state index in [-0.39, 0.29) is 11.9 Å². The van der Waals surface area contributed by atoms with Gasteiger partial charge in [0.1, 0.15) is 5.60 Å². The zero-order chi connectivity index (χ0) is 16.8. The predicted octanol–water partition coefficient (Wildman–Crippen LogP) is 2.46. The van der Waals surface area contributed by atoms with E-state index in [1.54, 1.807) is 4.90 Å². The van der Waals surface area contributed by atoms with Crippen LogP contribution in [0.3, 0.4) is 0 Å². The Morgan fingerprint density at radius 3 is 2.42 bits per heavy atom. The van der Waals surface area contributed by atoms with Crippen molar-refractivity contribution in [3.05, 3.63) is 71.8 Å². The average molecular weight is 323 g/mol. The lowest BCUT2D eigenvalue weighted by atomic mass is 9.91. The molecule has 4 rings (SSSR count). The molecule has 0 aliphatic carbocycles. The van der Waals surface area contributed by atoms with Gasteiger partial charge in [0.05, 0.1) is 12.6 Å². The Morgan fingerprint density at radius 1 is 1.12 bits per heavy atom. The molecule has 2 fully saturated rings. The normalized spacial score (nSPS) is 32.2. The van der Waals surface area contributed by atoms with Gasteiger partial charge in [-0.05, 0) is 12.5 Å². The second-order valence-electron chi connectivity index (χ2n) is 6.89. The summed E-state index contributed by atoms with van der Waals surface area (Å²) in [4.78, 5) is 14.8. The van der Waals surface area contributed by atoms with Gasteiger partial charge in [0.25, 0.3) is 5.91 Å². The summed E-state index contributed by atoms with van der Waals surface area (Å²) in [5.74, 6) is -0.236. The van der Waals surface area contributed by atoms with Crippen LogP contribution in [-0.4, -0.2) is 34.2 Å². The summed E-state index contributed by atoms with van der Waals surface area (Å²) in [6.45, 7) is 2.36. The Labute approximate surface area is 141 Å². The molecule has 124 valence electrons. The molecule has 3 atom stereocenters. The summed E-state index contributed by atoms with van der Waals surface area (Å²) in [6.07, 6.45) is 0.744. The summed E-state index contributed by atoms with van der Waals surface area (Å²) in [7, 11) is 0. The van der Waals surface area contributed by atoms with Crippen LogP contribution < -0.4 is 0 Å². The minimum absolute atomic E-state index is 0.0866. The summed E-state index contributed by atoms with van der Waals surface area (Å²) >= 11 is 0. The van der Waals surface area contributed by atoms with Crippen molar-refractivity contribution in [1.82, 2.24) is 4.90 Å². The number of aliphatic hydroxyl groups is 1. The summed E-state index contributed by atoms with van der Waals surface area (Å²) in [5.41, 5.74) is -0.266. The maximum atomic E-state index is 13.1. The van der Waals surface area contributed by atoms with Crippen molar-refractivity contribution in [2.45, 2.75) is 37.1 Å². The molecule has 2 aliphatic heterocycles. The van der Waals surface area contributed by atoms with Crippen LogP contribution in [0, 0.1) is 0 Å². The molecule has 4 heteroatoms. The molecule has 2 saturated heterocycles. The number of carbonyl (C=O) groups excluding carboxylic acids is 1. The first-order chi connectivity index (χ1) is 11.5. The van der Waals surface area contributed by atoms with Crippen LogP contribution in [0.2, 0.25) is 0 Å². The van der Waals surface area contributed by atoms with Crippen molar-refractivity contribution >= 4 is 5.91 Å². The van der Waals surface area contributed by atoms with Gasteiger partial charge in [0, 0.05) is 18.4 Å². The van der Waals surface area contributed by atoms with Gasteiger partial charge in [-0.3, -0.25) is 4.79 Å². The van der Waals surface area contributed by atoms with Crippen molar-refractivity contribution in [2.24, 2.45) is 0 Å². The molecule has 0 radical (unpaired) electrons. The lowest BCUT2D eigenvalue weighted by molar-refractivity contribution is -0.160. The lowest BCUT2D eigenvalue weighted by Crippen LogP contribution is -2.49. The van der Waals surface area contributed by atoms with E-state index in [9.17, 15) is 9.90 Å². The number of benzene rings is 2. The van der Waals surface area contributed by atoms with E-state index in [0.29, 0.717) is 19.4 Å². The van der Waals surface area contributed by atoms with Crippen molar-refractivity contribution < 1.29 is 14.6 Å². The van der Waals surface area contributed by atoms with E-state index in [1.165, 1.54) is 0 Å². The SMILES string of the molecule is C[C@]1(c2ccccc2)OC[C@@H]2C[C@](O)(Cc3ccccc3)C(=O)N21. The molecule has 0 saturated carbocycles. The van der Waals surface area contributed by atoms with E-state index < -0.39 is 11.3 Å². The number of hydrogen-bond donors (Lipinski definition) is 1. The Bertz CT molecular complexity index is 748. The number of carbonyl (C=O) groups is 1. The van der Waals surface area contributed by atoms with Crippen LogP contribution in [0.5, 0.6) is 0 Å². The van der Waals surface area contributed by atoms with Crippen molar-refractivity contribution in [3.63, 3.8) is 0 Å². The second kappa shape index (κ2) is 5.43. The minimum atomic E-state index is -1.36. The van der Waals surface area contributed by atoms with Crippen LogP contribution in [0.25, 0.3) is 0 Å². The van der Waals surface area contributed by atoms with Crippen LogP contribution in [0.15, 0.2) is 60.7 Å². The Balaban J connectivity index is 1.65. The summed E-state index contributed by atoms with van der Waals surface area (Å²) in [6, 6.07) is 19.3. The number of ether oxygens (including phenoxy) is 1. The smallest absolute Gasteiger partial charge is 0.257 e. The van der Waals surface area contributed by atoms with Crippen LogP contribution in [-0.2, 0) is 21.7 Å². The third kappa shape index (κ3) is 2.26. The van der Waals surface area contributed by atoms with E-state index in [1.807, 2.05) is 67.6 Å². The molecular formula is C20H21NO3. The highest BCUT2D eigenvalue weighted by atomic mass is 16.5. The molecule has 1 amide bonds. The Kier molecular flexibility index (Phi) is 3.48. The molecule has 24 heavy (non-hydrogen) atoms. The minimum Gasteiger partial charge on any atom is -0.380 e. The Hall–Kier alpha value is -2.17. The molecular weight excluding hydrogens is 302 g/mol.